The molecule has 4 aromatic rings. The highest BCUT2D eigenvalue weighted by Crippen LogP contribution is 2.36. The first-order chi connectivity index (χ1) is 16.7. The Kier molecular flexibility index (Phi) is 6.00. The summed E-state index contributed by atoms with van der Waals surface area (Å²) in [6.45, 7) is 12.1. The summed E-state index contributed by atoms with van der Waals surface area (Å²) in [4.78, 5) is 35.6. The van der Waals surface area contributed by atoms with Crippen molar-refractivity contribution in [2.45, 2.75) is 52.9 Å². The number of aryl methyl sites for hydroxylation is 2. The van der Waals surface area contributed by atoms with E-state index in [0.29, 0.717) is 11.8 Å². The van der Waals surface area contributed by atoms with E-state index in [1.54, 1.807) is 40.8 Å². The number of fused-ring (bicyclic) bond motifs is 1. The van der Waals surface area contributed by atoms with Gasteiger partial charge in [-0.3, -0.25) is 4.79 Å². The van der Waals surface area contributed by atoms with Crippen LogP contribution >= 0.6 is 11.3 Å². The average Bonchev–Trinajstić information content (AvgIpc) is 3.40. The molecule has 0 aliphatic carbocycles. The molecular weight excluding hydrogens is 460 g/mol. The van der Waals surface area contributed by atoms with E-state index in [-0.39, 0.29) is 17.2 Å². The van der Waals surface area contributed by atoms with E-state index in [1.165, 1.54) is 10.4 Å². The van der Waals surface area contributed by atoms with Crippen molar-refractivity contribution in [3.05, 3.63) is 47.0 Å². The van der Waals surface area contributed by atoms with Crippen LogP contribution in [0.15, 0.2) is 30.9 Å². The number of piperidine rings is 1. The van der Waals surface area contributed by atoms with Crippen molar-refractivity contribution in [3.63, 3.8) is 0 Å². The zero-order valence-electron chi connectivity index (χ0n) is 20.7. The first-order valence-corrected chi connectivity index (χ1v) is 12.7. The number of thiophene rings is 1. The molecule has 0 aromatic carbocycles. The molecule has 0 atom stereocenters. The van der Waals surface area contributed by atoms with Gasteiger partial charge in [-0.25, -0.2) is 19.9 Å². The molecule has 0 radical (unpaired) electrons. The number of nitrogens with zero attached hydrogens (tertiary/aromatic N) is 7. The smallest absolute Gasteiger partial charge is 0.252 e. The van der Waals surface area contributed by atoms with Crippen molar-refractivity contribution in [3.8, 4) is 5.95 Å². The number of rotatable bonds is 4. The summed E-state index contributed by atoms with van der Waals surface area (Å²) in [7, 11) is 0. The number of carbonyl (C=O) groups is 1. The van der Waals surface area contributed by atoms with Gasteiger partial charge in [-0.05, 0) is 38.3 Å². The minimum atomic E-state index is -0.175. The molecule has 9 nitrogen and oxygen atoms in total. The summed E-state index contributed by atoms with van der Waals surface area (Å²) in [6, 6.07) is 3.68. The second-order valence-electron chi connectivity index (χ2n) is 10.0. The van der Waals surface area contributed by atoms with Crippen LogP contribution in [0.2, 0.25) is 0 Å². The molecule has 0 unspecified atom stereocenters. The predicted octanol–water partition coefficient (Wildman–Crippen LogP) is 4.44. The van der Waals surface area contributed by atoms with Crippen LogP contribution in [0.5, 0.6) is 0 Å². The molecule has 1 fully saturated rings. The Morgan fingerprint density at radius 3 is 2.49 bits per heavy atom. The molecular formula is C25H30N8OS. The fourth-order valence-corrected chi connectivity index (χ4v) is 5.37. The fourth-order valence-electron chi connectivity index (χ4n) is 4.38. The highest BCUT2D eigenvalue weighted by molar-refractivity contribution is 7.18. The van der Waals surface area contributed by atoms with E-state index in [4.69, 9.17) is 5.10 Å². The molecule has 4 aromatic heterocycles. The number of nitrogens with one attached hydrogen (secondary N) is 1. The molecule has 182 valence electrons. The van der Waals surface area contributed by atoms with E-state index in [1.807, 2.05) is 6.07 Å². The van der Waals surface area contributed by atoms with Gasteiger partial charge in [0.2, 0.25) is 5.91 Å². The van der Waals surface area contributed by atoms with Gasteiger partial charge in [0, 0.05) is 47.8 Å². The topological polar surface area (TPSA) is 102 Å². The van der Waals surface area contributed by atoms with Crippen LogP contribution in [0.25, 0.3) is 16.2 Å². The third-order valence-corrected chi connectivity index (χ3v) is 7.70. The van der Waals surface area contributed by atoms with Crippen molar-refractivity contribution in [1.29, 1.82) is 0 Å². The van der Waals surface area contributed by atoms with Crippen LogP contribution in [-0.2, 0) is 10.2 Å². The Hall–Kier alpha value is -3.40. The zero-order chi connectivity index (χ0) is 24.7. The summed E-state index contributed by atoms with van der Waals surface area (Å²) in [5.74, 6) is 1.91. The van der Waals surface area contributed by atoms with Gasteiger partial charge in [-0.15, -0.1) is 11.3 Å². The van der Waals surface area contributed by atoms with Crippen LogP contribution in [0, 0.1) is 19.8 Å². The molecule has 1 aliphatic heterocycles. The van der Waals surface area contributed by atoms with Crippen molar-refractivity contribution in [1.82, 2.24) is 29.7 Å². The summed E-state index contributed by atoms with van der Waals surface area (Å²) < 4.78 is 1.62. The van der Waals surface area contributed by atoms with Crippen LogP contribution < -0.4 is 10.2 Å². The molecule has 0 saturated carbocycles. The van der Waals surface area contributed by atoms with Gasteiger partial charge in [0.15, 0.2) is 0 Å². The molecule has 0 spiro atoms. The molecule has 1 N–H and O–H groups in total. The molecule has 35 heavy (non-hydrogen) atoms. The predicted molar refractivity (Wildman–Crippen MR) is 138 cm³/mol. The third kappa shape index (κ3) is 4.50. The fraction of sp³-hybridized carbons (Fsp3) is 0.440. The molecule has 0 bridgehead atoms. The standard InChI is InChI=1S/C25H30N8OS/c1-15-16(2)35-23-20(15)21(28-14-29-23)32-11-7-17(8-12-32)22(34)30-19-13-18(25(3,4)5)31-33(19)24-26-9-6-10-27-24/h6,9-10,13-14,17H,7-8,11-12H2,1-5H3,(H,30,34). The van der Waals surface area contributed by atoms with E-state index < -0.39 is 0 Å². The van der Waals surface area contributed by atoms with Crippen LogP contribution in [-0.4, -0.2) is 48.7 Å². The highest BCUT2D eigenvalue weighted by atomic mass is 32.1. The number of hydrogen-bond acceptors (Lipinski definition) is 8. The van der Waals surface area contributed by atoms with E-state index >= 15 is 0 Å². The summed E-state index contributed by atoms with van der Waals surface area (Å²) in [5.41, 5.74) is 1.93. The normalized spacial score (nSPS) is 15.1. The number of carbonyl (C=O) groups excluding carboxylic acids is 1. The lowest BCUT2D eigenvalue weighted by Crippen LogP contribution is -2.39. The van der Waals surface area contributed by atoms with Gasteiger partial charge in [0.05, 0.1) is 11.1 Å². The maximum atomic E-state index is 13.3. The van der Waals surface area contributed by atoms with Gasteiger partial charge >= 0.3 is 0 Å². The first-order valence-electron chi connectivity index (χ1n) is 11.9. The Morgan fingerprint density at radius 1 is 1.09 bits per heavy atom. The maximum absolute atomic E-state index is 13.3. The van der Waals surface area contributed by atoms with Crippen LogP contribution in [0.3, 0.4) is 0 Å². The van der Waals surface area contributed by atoms with Crippen LogP contribution in [0.4, 0.5) is 11.6 Å². The lowest BCUT2D eigenvalue weighted by atomic mass is 9.92. The first kappa shape index (κ1) is 23.3. The largest absolute Gasteiger partial charge is 0.356 e. The number of hydrogen-bond donors (Lipinski definition) is 1. The number of amides is 1. The van der Waals surface area contributed by atoms with Gasteiger partial charge in [-0.2, -0.15) is 9.78 Å². The number of anilines is 2. The summed E-state index contributed by atoms with van der Waals surface area (Å²) >= 11 is 1.71. The van der Waals surface area contributed by atoms with Gasteiger partial charge in [-0.1, -0.05) is 20.8 Å². The average molecular weight is 491 g/mol. The van der Waals surface area contributed by atoms with Gasteiger partial charge in [0.25, 0.3) is 5.95 Å². The van der Waals surface area contributed by atoms with Crippen molar-refractivity contribution >= 4 is 39.1 Å². The number of aromatic nitrogens is 6. The van der Waals surface area contributed by atoms with Crippen molar-refractivity contribution in [2.75, 3.05) is 23.3 Å². The quantitative estimate of drug-likeness (QED) is 0.451. The van der Waals surface area contributed by atoms with E-state index in [2.05, 4.69) is 64.8 Å². The van der Waals surface area contributed by atoms with Crippen molar-refractivity contribution < 1.29 is 4.79 Å². The van der Waals surface area contributed by atoms with E-state index in [9.17, 15) is 4.79 Å². The van der Waals surface area contributed by atoms with Crippen LogP contribution in [0.1, 0.15) is 49.7 Å². The Morgan fingerprint density at radius 2 is 1.80 bits per heavy atom. The summed E-state index contributed by atoms with van der Waals surface area (Å²) in [6.07, 6.45) is 6.49. The van der Waals surface area contributed by atoms with E-state index in [0.717, 1.165) is 47.7 Å². The SMILES string of the molecule is Cc1sc2ncnc(N3CCC(C(=O)Nc4cc(C(C)(C)C)nn4-c4ncccn4)CC3)c2c1C. The van der Waals surface area contributed by atoms with Gasteiger partial charge < -0.3 is 10.2 Å². The third-order valence-electron chi connectivity index (χ3n) is 6.58. The second kappa shape index (κ2) is 8.99. The molecule has 5 heterocycles. The lowest BCUT2D eigenvalue weighted by molar-refractivity contribution is -0.120. The van der Waals surface area contributed by atoms with Crippen molar-refractivity contribution in [2.24, 2.45) is 5.92 Å². The minimum Gasteiger partial charge on any atom is -0.356 e. The maximum Gasteiger partial charge on any atom is 0.252 e. The highest BCUT2D eigenvalue weighted by Gasteiger charge is 2.29. The Balaban J connectivity index is 1.33. The Bertz CT molecular complexity index is 1360. The monoisotopic (exact) mass is 490 g/mol. The minimum absolute atomic E-state index is 0.00224. The molecule has 1 saturated heterocycles. The molecule has 10 heteroatoms. The molecule has 1 amide bonds. The lowest BCUT2D eigenvalue weighted by Gasteiger charge is -2.32. The van der Waals surface area contributed by atoms with Gasteiger partial charge in [0.1, 0.15) is 22.8 Å². The summed E-state index contributed by atoms with van der Waals surface area (Å²) in [5, 5.41) is 8.94. The molecule has 1 aliphatic rings. The Labute approximate surface area is 208 Å². The second-order valence-corrected chi connectivity index (χ2v) is 11.2. The molecule has 5 rings (SSSR count). The zero-order valence-corrected chi connectivity index (χ0v) is 21.6.